The summed E-state index contributed by atoms with van der Waals surface area (Å²) >= 11 is 0. The van der Waals surface area contributed by atoms with Gasteiger partial charge in [0.15, 0.2) is 0 Å². The van der Waals surface area contributed by atoms with Crippen LogP contribution in [0.4, 0.5) is 21.9 Å². The zero-order valence-electron chi connectivity index (χ0n) is 21.4. The van der Waals surface area contributed by atoms with Gasteiger partial charge in [-0.15, -0.1) is 0 Å². The normalized spacial score (nSPS) is 12.4. The molecule has 1 aromatic heterocycles. The first kappa shape index (κ1) is 25.0. The van der Waals surface area contributed by atoms with Gasteiger partial charge in [0.1, 0.15) is 0 Å². The Balaban J connectivity index is 1.38. The molecule has 7 heteroatoms. The number of nitrogens with zero attached hydrogens (tertiary/aromatic N) is 2. The van der Waals surface area contributed by atoms with Gasteiger partial charge >= 0.3 is 6.03 Å². The molecule has 3 aromatic carbocycles. The van der Waals surface area contributed by atoms with E-state index in [9.17, 15) is 9.59 Å². The third-order valence-electron chi connectivity index (χ3n) is 6.79. The van der Waals surface area contributed by atoms with E-state index in [0.717, 1.165) is 48.4 Å². The number of anilines is 3. The molecule has 3 N–H and O–H groups in total. The Kier molecular flexibility index (Phi) is 7.64. The van der Waals surface area contributed by atoms with Gasteiger partial charge in [-0.2, -0.15) is 0 Å². The minimum absolute atomic E-state index is 0.205. The maximum atomic E-state index is 13.5. The summed E-state index contributed by atoms with van der Waals surface area (Å²) in [6.45, 7) is 3.94. The second-order valence-corrected chi connectivity index (χ2v) is 9.31. The van der Waals surface area contributed by atoms with Gasteiger partial charge in [-0.25, -0.2) is 4.79 Å². The second kappa shape index (κ2) is 11.6. The van der Waals surface area contributed by atoms with Gasteiger partial charge in [-0.05, 0) is 65.4 Å². The van der Waals surface area contributed by atoms with Crippen molar-refractivity contribution in [2.75, 3.05) is 22.1 Å². The molecule has 0 atom stereocenters. The lowest BCUT2D eigenvalue weighted by molar-refractivity contribution is 0.0951. The van der Waals surface area contributed by atoms with Gasteiger partial charge in [-0.1, -0.05) is 55.5 Å². The Hall–Kier alpha value is -4.65. The number of carbonyl (C=O) groups excluding carboxylic acids is 2. The Morgan fingerprint density at radius 2 is 1.74 bits per heavy atom. The zero-order chi connectivity index (χ0) is 26.3. The molecule has 192 valence electrons. The number of carbonyl (C=O) groups is 2. The number of pyridine rings is 1. The van der Waals surface area contributed by atoms with E-state index in [4.69, 9.17) is 0 Å². The third kappa shape index (κ3) is 5.83. The van der Waals surface area contributed by atoms with E-state index in [1.807, 2.05) is 61.5 Å². The highest BCUT2D eigenvalue weighted by atomic mass is 16.2. The summed E-state index contributed by atoms with van der Waals surface area (Å²) in [5.74, 6) is -0.205. The predicted octanol–water partition coefficient (Wildman–Crippen LogP) is 5.78. The van der Waals surface area contributed by atoms with Crippen LogP contribution >= 0.6 is 0 Å². The summed E-state index contributed by atoms with van der Waals surface area (Å²) in [6, 6.07) is 25.1. The minimum Gasteiger partial charge on any atom is -0.366 e. The summed E-state index contributed by atoms with van der Waals surface area (Å²) < 4.78 is 0. The number of para-hydroxylation sites is 1. The summed E-state index contributed by atoms with van der Waals surface area (Å²) in [5.41, 5.74) is 7.24. The number of aromatic nitrogens is 1. The number of rotatable bonds is 7. The second-order valence-electron chi connectivity index (χ2n) is 9.31. The maximum absolute atomic E-state index is 13.5. The molecule has 0 aliphatic carbocycles. The summed E-state index contributed by atoms with van der Waals surface area (Å²) in [5, 5.41) is 8.84. The Morgan fingerprint density at radius 1 is 0.921 bits per heavy atom. The molecule has 3 amide bonds. The van der Waals surface area contributed by atoms with Crippen LogP contribution in [0.2, 0.25) is 0 Å². The van der Waals surface area contributed by atoms with Gasteiger partial charge in [0.2, 0.25) is 0 Å². The van der Waals surface area contributed by atoms with Crippen molar-refractivity contribution in [2.24, 2.45) is 0 Å². The first-order chi connectivity index (χ1) is 18.6. The number of benzene rings is 3. The fourth-order valence-electron chi connectivity index (χ4n) is 4.79. The van der Waals surface area contributed by atoms with E-state index < -0.39 is 0 Å². The molecule has 0 saturated carbocycles. The average molecular weight is 506 g/mol. The van der Waals surface area contributed by atoms with E-state index in [-0.39, 0.29) is 11.9 Å². The highest BCUT2D eigenvalue weighted by Crippen LogP contribution is 2.30. The van der Waals surface area contributed by atoms with Crippen molar-refractivity contribution in [1.82, 2.24) is 10.3 Å². The molecule has 4 aromatic rings. The zero-order valence-corrected chi connectivity index (χ0v) is 21.4. The molecule has 0 bridgehead atoms. The van der Waals surface area contributed by atoms with E-state index in [2.05, 4.69) is 44.0 Å². The van der Waals surface area contributed by atoms with Gasteiger partial charge in [0.25, 0.3) is 5.91 Å². The van der Waals surface area contributed by atoms with E-state index in [1.165, 1.54) is 11.1 Å². The van der Waals surface area contributed by atoms with Crippen LogP contribution in [0.1, 0.15) is 39.5 Å². The van der Waals surface area contributed by atoms with Crippen LogP contribution in [0.25, 0.3) is 0 Å². The van der Waals surface area contributed by atoms with Gasteiger partial charge in [0, 0.05) is 49.1 Å². The molecule has 0 saturated heterocycles. The molecule has 0 spiro atoms. The number of fused-ring (bicyclic) bond motifs is 1. The number of hydrogen-bond acceptors (Lipinski definition) is 4. The fraction of sp³-hybridized carbons (Fsp3) is 0.194. The Morgan fingerprint density at radius 3 is 2.55 bits per heavy atom. The number of amides is 3. The lowest BCUT2D eigenvalue weighted by Gasteiger charge is -2.32. The summed E-state index contributed by atoms with van der Waals surface area (Å²) in [4.78, 5) is 32.6. The van der Waals surface area contributed by atoms with Crippen molar-refractivity contribution in [3.05, 3.63) is 119 Å². The lowest BCUT2D eigenvalue weighted by Crippen LogP contribution is -2.33. The van der Waals surface area contributed by atoms with E-state index in [0.29, 0.717) is 17.8 Å². The maximum Gasteiger partial charge on any atom is 0.323 e. The number of urea groups is 1. The SMILES string of the molecule is CCc1ccccc1NC(=O)Nc1ccc(N2CCc3ccccc3C2)c(C(=O)NCc2cccnc2)c1. The topological polar surface area (TPSA) is 86.4 Å². The molecule has 5 rings (SSSR count). The van der Waals surface area contributed by atoms with Gasteiger partial charge in [-0.3, -0.25) is 9.78 Å². The van der Waals surface area contributed by atoms with Crippen molar-refractivity contribution >= 4 is 29.0 Å². The molecule has 2 heterocycles. The average Bonchev–Trinajstić information content (AvgIpc) is 2.96. The van der Waals surface area contributed by atoms with E-state index in [1.54, 1.807) is 18.5 Å². The predicted molar refractivity (Wildman–Crippen MR) is 152 cm³/mol. The minimum atomic E-state index is -0.354. The van der Waals surface area contributed by atoms with Gasteiger partial charge < -0.3 is 20.9 Å². The Bertz CT molecular complexity index is 1440. The fourth-order valence-corrected chi connectivity index (χ4v) is 4.79. The summed E-state index contributed by atoms with van der Waals surface area (Å²) in [7, 11) is 0. The van der Waals surface area contributed by atoms with Crippen LogP contribution in [-0.2, 0) is 25.9 Å². The summed E-state index contributed by atoms with van der Waals surface area (Å²) in [6.07, 6.45) is 5.16. The molecule has 0 fully saturated rings. The molecular formula is C31H31N5O2. The van der Waals surface area contributed by atoms with Crippen LogP contribution in [-0.4, -0.2) is 23.5 Å². The number of nitrogens with one attached hydrogen (secondary N) is 3. The lowest BCUT2D eigenvalue weighted by atomic mass is 9.98. The van der Waals surface area contributed by atoms with Crippen molar-refractivity contribution in [3.63, 3.8) is 0 Å². The largest absolute Gasteiger partial charge is 0.366 e. The quantitative estimate of drug-likeness (QED) is 0.297. The molecular weight excluding hydrogens is 474 g/mol. The molecule has 1 aliphatic rings. The van der Waals surface area contributed by atoms with Gasteiger partial charge in [0.05, 0.1) is 5.56 Å². The van der Waals surface area contributed by atoms with Crippen molar-refractivity contribution in [3.8, 4) is 0 Å². The molecule has 0 unspecified atom stereocenters. The molecule has 0 radical (unpaired) electrons. The van der Waals surface area contributed by atoms with E-state index >= 15 is 0 Å². The monoisotopic (exact) mass is 505 g/mol. The molecule has 1 aliphatic heterocycles. The van der Waals surface area contributed by atoms with Crippen LogP contribution in [0.5, 0.6) is 0 Å². The number of aryl methyl sites for hydroxylation is 1. The van der Waals surface area contributed by atoms with Crippen LogP contribution in [0.15, 0.2) is 91.3 Å². The first-order valence-corrected chi connectivity index (χ1v) is 12.9. The Labute approximate surface area is 222 Å². The molecule has 7 nitrogen and oxygen atoms in total. The van der Waals surface area contributed by atoms with Crippen molar-refractivity contribution in [1.29, 1.82) is 0 Å². The standard InChI is InChI=1S/C31H31N5O2/c1-2-23-9-5-6-12-28(23)35-31(38)34-26-13-14-29(36-17-15-24-10-3-4-11-25(24)21-36)27(18-26)30(37)33-20-22-8-7-16-32-19-22/h3-14,16,18-19H,2,15,17,20-21H2,1H3,(H,33,37)(H2,34,35,38). The van der Waals surface area contributed by atoms with Crippen LogP contribution in [0.3, 0.4) is 0 Å². The van der Waals surface area contributed by atoms with Crippen molar-refractivity contribution < 1.29 is 9.59 Å². The van der Waals surface area contributed by atoms with Crippen LogP contribution in [0, 0.1) is 0 Å². The highest BCUT2D eigenvalue weighted by molar-refractivity contribution is 6.04. The third-order valence-corrected chi connectivity index (χ3v) is 6.79. The van der Waals surface area contributed by atoms with Crippen LogP contribution < -0.4 is 20.9 Å². The number of hydrogen-bond donors (Lipinski definition) is 3. The van der Waals surface area contributed by atoms with Crippen molar-refractivity contribution in [2.45, 2.75) is 32.9 Å². The first-order valence-electron chi connectivity index (χ1n) is 12.9. The smallest absolute Gasteiger partial charge is 0.323 e. The molecule has 38 heavy (non-hydrogen) atoms. The highest BCUT2D eigenvalue weighted by Gasteiger charge is 2.22.